The summed E-state index contributed by atoms with van der Waals surface area (Å²) < 4.78 is 13.0. The van der Waals surface area contributed by atoms with Crippen molar-refractivity contribution in [1.29, 1.82) is 0 Å². The number of thioether (sulfide) groups is 3. The zero-order valence-electron chi connectivity index (χ0n) is 60.3. The molecule has 570 valence electrons. The summed E-state index contributed by atoms with van der Waals surface area (Å²) in [6.07, 6.45) is 6.36. The van der Waals surface area contributed by atoms with Crippen LogP contribution >= 0.6 is 35.3 Å². The van der Waals surface area contributed by atoms with Crippen LogP contribution in [0.4, 0.5) is 14.4 Å². The van der Waals surface area contributed by atoms with Crippen molar-refractivity contribution >= 4 is 150 Å². The van der Waals surface area contributed by atoms with Gasteiger partial charge in [0, 0.05) is 70.6 Å². The quantitative estimate of drug-likeness (QED) is 0.0136. The van der Waals surface area contributed by atoms with Gasteiger partial charge in [-0.25, -0.2) is 14.4 Å². The number of carbonyl (C=O) groups is 12. The maximum atomic E-state index is 16.3. The van der Waals surface area contributed by atoms with E-state index in [4.69, 9.17) is 14.2 Å². The molecule has 0 saturated heterocycles. The number of carbonyl (C=O) groups excluding carboxylic acids is 12. The molecule has 0 saturated carbocycles. The number of amides is 9. The molecule has 0 bridgehead atoms. The zero-order valence-corrected chi connectivity index (χ0v) is 63.9. The Bertz CT molecular complexity index is 4150. The Hall–Kier alpha value is -10.8. The van der Waals surface area contributed by atoms with Gasteiger partial charge in [0.25, 0.3) is 0 Å². The Morgan fingerprint density at radius 3 is 0.862 bits per heavy atom. The molecule has 0 fully saturated rings. The summed E-state index contributed by atoms with van der Waals surface area (Å²) in [6.45, 7) is -2.25. The molecule has 0 unspecified atom stereocenters. The number of rotatable bonds is 42. The highest BCUT2D eigenvalue weighted by Gasteiger charge is 2.52. The Kier molecular flexibility index (Phi) is 32.2. The van der Waals surface area contributed by atoms with E-state index in [-0.39, 0.29) is 75.6 Å². The van der Waals surface area contributed by atoms with Gasteiger partial charge in [-0.3, -0.25) is 28.8 Å². The lowest BCUT2D eigenvalue weighted by atomic mass is 10.0. The van der Waals surface area contributed by atoms with E-state index in [1.165, 1.54) is 35.3 Å². The van der Waals surface area contributed by atoms with E-state index in [1.807, 2.05) is 54.6 Å². The predicted molar refractivity (Wildman–Crippen MR) is 421 cm³/mol. The fourth-order valence-corrected chi connectivity index (χ4v) is 16.3. The number of aromatic amines is 3. The number of aromatic nitrogens is 3. The Morgan fingerprint density at radius 1 is 0.339 bits per heavy atom. The van der Waals surface area contributed by atoms with Gasteiger partial charge >= 0.3 is 32.4 Å². The second-order valence-corrected chi connectivity index (χ2v) is 31.0. The molecule has 109 heavy (non-hydrogen) atoms. The lowest BCUT2D eigenvalue weighted by Crippen LogP contribution is -2.65. The van der Waals surface area contributed by atoms with Crippen LogP contribution in [0.3, 0.4) is 0 Å². The van der Waals surface area contributed by atoms with Crippen LogP contribution in [0, 0.1) is 0 Å². The first-order valence-electron chi connectivity index (χ1n) is 35.2. The lowest BCUT2D eigenvalue weighted by molar-refractivity contribution is -0.131. The SMILES string of the molecule is CSCC[C@H](NC(=O)[C@H](Cc1c[nH]c2ccccc12)NC(=O)CNC(=O)OCc1ccccc1)[C](=O)[Al]([C](=O)[C@H](CCSC)NC(=O)[C@H](Cc1c[nH]c2ccccc12)NC(=O)CNC(=O)OCc1ccccc1)[C](=O)[C@H](CCSC)NC(=O)[C@H](Cc1c[nH]c2ccccc12)NC(=O)CNC(=O)OCc1ccccc1. The van der Waals surface area contributed by atoms with Gasteiger partial charge in [0.1, 0.15) is 57.6 Å². The second kappa shape index (κ2) is 42.6. The molecule has 9 aromatic rings. The van der Waals surface area contributed by atoms with Crippen LogP contribution in [0.2, 0.25) is 0 Å². The van der Waals surface area contributed by atoms with Crippen LogP contribution in [0.15, 0.2) is 182 Å². The Balaban J connectivity index is 1.05. The minimum Gasteiger partial charge on any atom is -0.445 e. The van der Waals surface area contributed by atoms with Gasteiger partial charge in [-0.1, -0.05) is 146 Å². The summed E-state index contributed by atoms with van der Waals surface area (Å²) >= 11 is -0.800. The van der Waals surface area contributed by atoms with Crippen LogP contribution in [-0.4, -0.2) is 189 Å². The minimum absolute atomic E-state index is 0.102. The number of hydrogen-bond donors (Lipinski definition) is 12. The molecule has 3 heterocycles. The third-order valence-corrected chi connectivity index (χ3v) is 22.6. The van der Waals surface area contributed by atoms with E-state index in [0.717, 1.165) is 0 Å². The highest BCUT2D eigenvalue weighted by Crippen LogP contribution is 2.24. The van der Waals surface area contributed by atoms with E-state index in [0.29, 0.717) is 66.1 Å². The lowest BCUT2D eigenvalue weighted by Gasteiger charge is -2.29. The molecule has 9 rings (SSSR count). The molecule has 6 aromatic carbocycles. The normalized spacial score (nSPS) is 12.7. The first kappa shape index (κ1) is 82.2. The molecule has 0 spiro atoms. The predicted octanol–water partition coefficient (Wildman–Crippen LogP) is 6.93. The van der Waals surface area contributed by atoms with E-state index in [9.17, 15) is 28.8 Å². The van der Waals surface area contributed by atoms with Crippen LogP contribution in [0.25, 0.3) is 32.7 Å². The van der Waals surface area contributed by atoms with E-state index >= 15 is 28.8 Å². The first-order chi connectivity index (χ1) is 52.9. The Morgan fingerprint density at radius 2 is 0.596 bits per heavy atom. The molecule has 27 nitrogen and oxygen atoms in total. The highest BCUT2D eigenvalue weighted by atomic mass is 32.2. The number of H-pyrrole nitrogens is 3. The van der Waals surface area contributed by atoms with Crippen molar-refractivity contribution in [3.63, 3.8) is 0 Å². The van der Waals surface area contributed by atoms with Crippen molar-refractivity contribution in [2.75, 3.05) is 55.7 Å². The van der Waals surface area contributed by atoms with E-state index in [2.05, 4.69) is 62.8 Å². The van der Waals surface area contributed by atoms with Gasteiger partial charge in [-0.2, -0.15) is 35.3 Å². The van der Waals surface area contributed by atoms with Gasteiger partial charge in [-0.15, -0.1) is 0 Å². The van der Waals surface area contributed by atoms with Crippen molar-refractivity contribution < 1.29 is 71.7 Å². The maximum absolute atomic E-state index is 16.3. The molecular formula is C78H87AlN12O15S3. The van der Waals surface area contributed by atoms with Gasteiger partial charge in [0.15, 0.2) is 0 Å². The first-order valence-corrected chi connectivity index (χ1v) is 41.2. The Labute approximate surface area is 646 Å². The summed E-state index contributed by atoms with van der Waals surface area (Å²) in [5.74, 6) is -4.73. The number of fused-ring (bicyclic) bond motifs is 3. The largest absolute Gasteiger partial charge is 0.558 e. The molecular weight excluding hydrogens is 1470 g/mol. The number of nitrogens with one attached hydrogen (secondary N) is 12. The average Bonchev–Trinajstić information content (AvgIpc) is 1.63. The van der Waals surface area contributed by atoms with Crippen LogP contribution in [0.5, 0.6) is 0 Å². The molecule has 0 aliphatic rings. The molecule has 12 N–H and O–H groups in total. The smallest absolute Gasteiger partial charge is 0.445 e. The number of hydrogen-bond acceptors (Lipinski definition) is 18. The standard InChI is InChI=1S/3C26H29N4O5S.Al/c3*1-36-12-11-20(16-31)29-25(33)23(13-19-14-27-22-10-6-5-9-21(19)22)30-24(32)15-28-26(34)35-17-18-7-3-2-4-8-18;/h3*2-10,14,20,23,27H,11-13,15,17H2,1H3,(H,28,34)(H,29,33)(H,30,32);/t3*20-,23-;/m000./s1. The van der Waals surface area contributed by atoms with Gasteiger partial charge in [0.2, 0.25) is 35.4 Å². The molecule has 6 atom stereocenters. The summed E-state index contributed by atoms with van der Waals surface area (Å²) in [4.78, 5) is 185. The van der Waals surface area contributed by atoms with Crippen LogP contribution < -0.4 is 47.9 Å². The molecule has 3 aromatic heterocycles. The molecule has 0 aliphatic heterocycles. The molecule has 0 radical (unpaired) electrons. The summed E-state index contributed by atoms with van der Waals surface area (Å²) in [7, 11) is 0. The van der Waals surface area contributed by atoms with E-state index in [1.54, 1.807) is 147 Å². The summed E-state index contributed by atoms with van der Waals surface area (Å²) in [6, 6.07) is 38.8. The van der Waals surface area contributed by atoms with Gasteiger partial charge in [-0.05, 0) is 107 Å². The van der Waals surface area contributed by atoms with Crippen molar-refractivity contribution in [2.24, 2.45) is 0 Å². The van der Waals surface area contributed by atoms with Crippen molar-refractivity contribution in [3.05, 3.63) is 216 Å². The van der Waals surface area contributed by atoms with Crippen LogP contribution in [0.1, 0.15) is 52.6 Å². The molecule has 0 aliphatic carbocycles. The second-order valence-electron chi connectivity index (χ2n) is 25.5. The minimum atomic E-state index is -4.66. The van der Waals surface area contributed by atoms with Gasteiger partial charge < -0.3 is 91.4 Å². The molecule has 9 amide bonds. The van der Waals surface area contributed by atoms with Crippen molar-refractivity contribution in [2.45, 2.75) is 94.6 Å². The highest BCUT2D eigenvalue weighted by molar-refractivity contribution is 7.99. The molecule has 31 heteroatoms. The fourth-order valence-electron chi connectivity index (χ4n) is 12.1. The number of alkyl carbamates (subject to hydrolysis) is 3. The number of para-hydroxylation sites is 3. The summed E-state index contributed by atoms with van der Waals surface area (Å²) in [5, 5.41) is 25.9. The van der Waals surface area contributed by atoms with Gasteiger partial charge in [0.05, 0.1) is 32.1 Å². The maximum Gasteiger partial charge on any atom is 0.558 e. The van der Waals surface area contributed by atoms with Crippen molar-refractivity contribution in [3.8, 4) is 0 Å². The zero-order chi connectivity index (χ0) is 77.4. The third-order valence-electron chi connectivity index (χ3n) is 17.7. The third kappa shape index (κ3) is 25.1. The number of benzene rings is 6. The summed E-state index contributed by atoms with van der Waals surface area (Å²) in [5.41, 5.74) is 5.90. The average molecular weight is 1560 g/mol. The van der Waals surface area contributed by atoms with Crippen molar-refractivity contribution in [1.82, 2.24) is 62.8 Å². The number of ether oxygens (including phenoxy) is 3. The van der Waals surface area contributed by atoms with Crippen LogP contribution in [-0.2, 0) is 96.4 Å². The topological polar surface area (TPSA) is 388 Å². The fraction of sp³-hybridized carbons (Fsp3) is 0.308. The van der Waals surface area contributed by atoms with E-state index < -0.39 is 138 Å². The monoisotopic (exact) mass is 1550 g/mol.